The first-order valence-corrected chi connectivity index (χ1v) is 17.1. The summed E-state index contributed by atoms with van der Waals surface area (Å²) in [4.78, 5) is 43.3. The zero-order valence-electron chi connectivity index (χ0n) is 24.8. The maximum atomic E-state index is 14.0. The van der Waals surface area contributed by atoms with Gasteiger partial charge < -0.3 is 21.3 Å². The smallest absolute Gasteiger partial charge is 0.327 e. The van der Waals surface area contributed by atoms with Crippen molar-refractivity contribution >= 4 is 44.8 Å². The first-order chi connectivity index (χ1) is 21.4. The lowest BCUT2D eigenvalue weighted by Crippen LogP contribution is -2.49. The van der Waals surface area contributed by atoms with Gasteiger partial charge in [-0.05, 0) is 55.9 Å². The van der Waals surface area contributed by atoms with Crippen LogP contribution in [0, 0.1) is 5.92 Å². The fourth-order valence-corrected chi connectivity index (χ4v) is 5.85. The number of hydrogen-bond acceptors (Lipinski definition) is 8. The predicted molar refractivity (Wildman–Crippen MR) is 168 cm³/mol. The molecule has 242 valence electrons. The molecule has 0 aliphatic heterocycles. The zero-order chi connectivity index (χ0) is 32.6. The maximum Gasteiger partial charge on any atom is 0.327 e. The molecule has 1 aliphatic rings. The number of rotatable bonds is 16. The van der Waals surface area contributed by atoms with Gasteiger partial charge in [-0.25, -0.2) is 17.7 Å². The van der Waals surface area contributed by atoms with Crippen molar-refractivity contribution in [2.75, 3.05) is 23.7 Å². The van der Waals surface area contributed by atoms with E-state index in [4.69, 9.17) is 0 Å². The highest BCUT2D eigenvalue weighted by Crippen LogP contribution is 2.28. The topological polar surface area (TPSA) is 150 Å². The number of hydrogen-bond donors (Lipinski definition) is 4. The molecule has 2 atom stereocenters. The van der Waals surface area contributed by atoms with Crippen LogP contribution in [0.4, 0.5) is 14.5 Å². The lowest BCUT2D eigenvalue weighted by Gasteiger charge is -2.24. The van der Waals surface area contributed by atoms with Crippen molar-refractivity contribution in [2.45, 2.75) is 51.4 Å². The van der Waals surface area contributed by atoms with Gasteiger partial charge in [-0.15, -0.1) is 11.3 Å². The normalized spacial score (nSPS) is 14.4. The number of nitrogens with zero attached hydrogens (tertiary/aromatic N) is 2. The summed E-state index contributed by atoms with van der Waals surface area (Å²) in [5.41, 5.74) is -0.0395. The number of carbonyl (C=O) groups excluding carboxylic acids is 3. The number of sulfonamides is 1. The summed E-state index contributed by atoms with van der Waals surface area (Å²) >= 11 is 1.30. The van der Waals surface area contributed by atoms with Crippen LogP contribution in [0.2, 0.25) is 0 Å². The third-order valence-electron chi connectivity index (χ3n) is 7.10. The largest absolute Gasteiger partial charge is 0.354 e. The number of alkyl halides is 2. The molecule has 3 amide bonds. The first-order valence-electron chi connectivity index (χ1n) is 14.4. The van der Waals surface area contributed by atoms with Crippen molar-refractivity contribution in [1.82, 2.24) is 26.3 Å². The molecule has 11 nitrogen and oxygen atoms in total. The molecular formula is C30H36F2N6O5S2. The van der Waals surface area contributed by atoms with Crippen LogP contribution in [0.5, 0.6) is 0 Å². The van der Waals surface area contributed by atoms with Crippen molar-refractivity contribution in [1.29, 1.82) is 0 Å². The number of amides is 3. The summed E-state index contributed by atoms with van der Waals surface area (Å²) in [6.45, 7) is -0.898. The molecule has 0 bridgehead atoms. The Morgan fingerprint density at radius 1 is 1.04 bits per heavy atom. The predicted octanol–water partition coefficient (Wildman–Crippen LogP) is 2.91. The Bertz CT molecular complexity index is 1570. The van der Waals surface area contributed by atoms with Gasteiger partial charge in [0.25, 0.3) is 11.8 Å². The van der Waals surface area contributed by atoms with Crippen LogP contribution in [-0.2, 0) is 27.8 Å². The van der Waals surface area contributed by atoms with E-state index in [0.717, 1.165) is 30.5 Å². The van der Waals surface area contributed by atoms with E-state index in [0.29, 0.717) is 30.1 Å². The maximum absolute atomic E-state index is 14.0. The number of nitrogens with one attached hydrogen (secondary N) is 4. The van der Waals surface area contributed by atoms with Crippen molar-refractivity contribution in [2.24, 2.45) is 5.92 Å². The van der Waals surface area contributed by atoms with Gasteiger partial charge in [0.2, 0.25) is 15.9 Å². The Balaban J connectivity index is 1.57. The fourth-order valence-electron chi connectivity index (χ4n) is 4.52. The van der Waals surface area contributed by atoms with Gasteiger partial charge in [0.1, 0.15) is 5.01 Å². The molecule has 0 saturated heterocycles. The van der Waals surface area contributed by atoms with Crippen LogP contribution in [0.1, 0.15) is 51.1 Å². The minimum atomic E-state index is -4.48. The molecule has 15 heteroatoms. The van der Waals surface area contributed by atoms with Crippen LogP contribution in [-0.4, -0.2) is 69.1 Å². The SMILES string of the molecule is CC(NC[C@H](Cc1ccccc1)NC(=O)c1cc(C(=O)NCc2nccs2)cc(N(C(F)F)S(C)(=O)=O)c1)C(=O)NCC1CC1. The second-order valence-corrected chi connectivity index (χ2v) is 13.7. The number of halogens is 2. The molecule has 1 fully saturated rings. The van der Waals surface area contributed by atoms with Crippen LogP contribution in [0.25, 0.3) is 0 Å². The number of aromatic nitrogens is 1. The molecular weight excluding hydrogens is 626 g/mol. The van der Waals surface area contributed by atoms with E-state index in [1.54, 1.807) is 18.5 Å². The first kappa shape index (κ1) is 33.9. The monoisotopic (exact) mass is 662 g/mol. The molecule has 4 rings (SSSR count). The number of carbonyl (C=O) groups is 3. The molecule has 4 N–H and O–H groups in total. The summed E-state index contributed by atoms with van der Waals surface area (Å²) < 4.78 is 52.4. The highest BCUT2D eigenvalue weighted by molar-refractivity contribution is 7.92. The summed E-state index contributed by atoms with van der Waals surface area (Å²) in [5, 5.41) is 13.8. The molecule has 0 spiro atoms. The van der Waals surface area contributed by atoms with E-state index < -0.39 is 46.2 Å². The molecule has 1 saturated carbocycles. The number of anilines is 1. The lowest BCUT2D eigenvalue weighted by molar-refractivity contribution is -0.122. The van der Waals surface area contributed by atoms with Gasteiger partial charge >= 0.3 is 6.55 Å². The Kier molecular flexibility index (Phi) is 11.6. The number of benzene rings is 2. The molecule has 0 radical (unpaired) electrons. The molecule has 45 heavy (non-hydrogen) atoms. The van der Waals surface area contributed by atoms with Gasteiger partial charge in [-0.3, -0.25) is 14.4 Å². The zero-order valence-corrected chi connectivity index (χ0v) is 26.5. The molecule has 3 aromatic rings. The third-order valence-corrected chi connectivity index (χ3v) is 8.96. The minimum Gasteiger partial charge on any atom is -0.354 e. The van der Waals surface area contributed by atoms with E-state index in [1.807, 2.05) is 30.3 Å². The molecule has 1 aromatic heterocycles. The highest BCUT2D eigenvalue weighted by Gasteiger charge is 2.29. The van der Waals surface area contributed by atoms with E-state index in [9.17, 15) is 31.6 Å². The lowest BCUT2D eigenvalue weighted by atomic mass is 10.0. The van der Waals surface area contributed by atoms with E-state index in [2.05, 4.69) is 26.3 Å². The second-order valence-electron chi connectivity index (χ2n) is 10.9. The van der Waals surface area contributed by atoms with Crippen LogP contribution in [0.15, 0.2) is 60.1 Å². The minimum absolute atomic E-state index is 0.0458. The Morgan fingerprint density at radius 2 is 1.73 bits per heavy atom. The van der Waals surface area contributed by atoms with Crippen LogP contribution < -0.4 is 25.6 Å². The van der Waals surface area contributed by atoms with Gasteiger partial charge in [0, 0.05) is 41.8 Å². The van der Waals surface area contributed by atoms with E-state index in [1.165, 1.54) is 17.4 Å². The van der Waals surface area contributed by atoms with Crippen molar-refractivity contribution in [3.05, 3.63) is 81.8 Å². The molecule has 1 aliphatic carbocycles. The van der Waals surface area contributed by atoms with E-state index in [-0.39, 0.29) is 34.4 Å². The quantitative estimate of drug-likeness (QED) is 0.172. The summed E-state index contributed by atoms with van der Waals surface area (Å²) in [5.74, 6) is -1.08. The second kappa shape index (κ2) is 15.4. The molecule has 2 aromatic carbocycles. The summed E-state index contributed by atoms with van der Waals surface area (Å²) in [6, 6.07) is 11.4. The van der Waals surface area contributed by atoms with E-state index >= 15 is 0 Å². The van der Waals surface area contributed by atoms with Gasteiger partial charge in [0.05, 0.1) is 24.5 Å². The Labute approximate surface area is 264 Å². The van der Waals surface area contributed by atoms with Crippen molar-refractivity contribution in [3.63, 3.8) is 0 Å². The Morgan fingerprint density at radius 3 is 2.33 bits per heavy atom. The summed E-state index contributed by atoms with van der Waals surface area (Å²) in [7, 11) is -4.48. The average Bonchev–Trinajstić information content (AvgIpc) is 3.68. The van der Waals surface area contributed by atoms with Crippen LogP contribution >= 0.6 is 11.3 Å². The highest BCUT2D eigenvalue weighted by atomic mass is 32.2. The fraction of sp³-hybridized carbons (Fsp3) is 0.400. The van der Waals surface area contributed by atoms with Crippen molar-refractivity contribution < 1.29 is 31.6 Å². The summed E-state index contributed by atoms with van der Waals surface area (Å²) in [6.07, 6.45) is 4.73. The average molecular weight is 663 g/mol. The Hall–Kier alpha value is -3.95. The third kappa shape index (κ3) is 10.3. The van der Waals surface area contributed by atoms with Gasteiger partial charge in [-0.2, -0.15) is 8.78 Å². The van der Waals surface area contributed by atoms with Crippen LogP contribution in [0.3, 0.4) is 0 Å². The van der Waals surface area contributed by atoms with Gasteiger partial charge in [0.15, 0.2) is 0 Å². The standard InChI is InChI=1S/C30H36F2N6O5S2/c1-19(27(39)35-16-21-8-9-21)34-17-24(12-20-6-4-3-5-7-20)37-29(41)23-13-22(28(40)36-18-26-33-10-11-44-26)14-25(15-23)38(30(31)32)45(2,42)43/h3-7,10-11,13-15,19,21,24,30,34H,8-9,12,16-18H2,1-2H3,(H,35,39)(H,36,40)(H,37,41)/t19?,24-/m0/s1. The molecule has 1 unspecified atom stereocenters. The number of thiazole rings is 1. The van der Waals surface area contributed by atoms with Crippen molar-refractivity contribution in [3.8, 4) is 0 Å². The molecule has 1 heterocycles. The van der Waals surface area contributed by atoms with Gasteiger partial charge in [-0.1, -0.05) is 30.3 Å².